The lowest BCUT2D eigenvalue weighted by Gasteiger charge is -2.32. The van der Waals surface area contributed by atoms with Crippen LogP contribution in [0.15, 0.2) is 0 Å². The standard InChI is InChI=1S/C12H26N2O/c1-5-13(6-2)11(3)15-12(4)14-9-7-8-10-14/h11-12H,5-10H2,1-4H3. The zero-order valence-electron chi connectivity index (χ0n) is 10.7. The maximum Gasteiger partial charge on any atom is 0.109 e. The summed E-state index contributed by atoms with van der Waals surface area (Å²) in [7, 11) is 0. The molecule has 1 rings (SSSR count). The Morgan fingerprint density at radius 3 is 2.13 bits per heavy atom. The molecule has 1 saturated heterocycles. The van der Waals surface area contributed by atoms with E-state index in [9.17, 15) is 0 Å². The molecule has 1 heterocycles. The number of nitrogens with zero attached hydrogens (tertiary/aromatic N) is 2. The van der Waals surface area contributed by atoms with Crippen LogP contribution in [-0.4, -0.2) is 48.4 Å². The molecular formula is C12H26N2O. The first-order chi connectivity index (χ1) is 7.19. The van der Waals surface area contributed by atoms with Crippen molar-refractivity contribution in [1.82, 2.24) is 9.80 Å². The van der Waals surface area contributed by atoms with E-state index in [0.29, 0.717) is 0 Å². The Balaban J connectivity index is 2.32. The van der Waals surface area contributed by atoms with Crippen LogP contribution in [-0.2, 0) is 4.74 Å². The largest absolute Gasteiger partial charge is 0.345 e. The predicted molar refractivity (Wildman–Crippen MR) is 63.7 cm³/mol. The molecule has 0 spiro atoms. The molecule has 2 unspecified atom stereocenters. The van der Waals surface area contributed by atoms with Crippen molar-refractivity contribution in [3.63, 3.8) is 0 Å². The van der Waals surface area contributed by atoms with Crippen LogP contribution >= 0.6 is 0 Å². The number of rotatable bonds is 6. The van der Waals surface area contributed by atoms with Crippen LogP contribution < -0.4 is 0 Å². The van der Waals surface area contributed by atoms with Gasteiger partial charge in [0.1, 0.15) is 12.5 Å². The smallest absolute Gasteiger partial charge is 0.109 e. The molecule has 0 N–H and O–H groups in total. The highest BCUT2D eigenvalue weighted by Crippen LogP contribution is 2.14. The van der Waals surface area contributed by atoms with Gasteiger partial charge in [-0.3, -0.25) is 9.80 Å². The van der Waals surface area contributed by atoms with Crippen molar-refractivity contribution in [2.75, 3.05) is 26.2 Å². The maximum absolute atomic E-state index is 6.03. The SMILES string of the molecule is CCN(CC)C(C)OC(C)N1CCCC1. The fourth-order valence-corrected chi connectivity index (χ4v) is 2.30. The zero-order valence-corrected chi connectivity index (χ0v) is 10.7. The molecule has 15 heavy (non-hydrogen) atoms. The van der Waals surface area contributed by atoms with Crippen LogP contribution in [0, 0.1) is 0 Å². The van der Waals surface area contributed by atoms with Crippen molar-refractivity contribution < 1.29 is 4.74 Å². The summed E-state index contributed by atoms with van der Waals surface area (Å²) in [6.07, 6.45) is 3.15. The summed E-state index contributed by atoms with van der Waals surface area (Å²) in [6, 6.07) is 0. The van der Waals surface area contributed by atoms with Gasteiger partial charge in [-0.05, 0) is 39.8 Å². The second-order valence-electron chi connectivity index (χ2n) is 4.30. The van der Waals surface area contributed by atoms with Crippen molar-refractivity contribution in [1.29, 1.82) is 0 Å². The van der Waals surface area contributed by atoms with Crippen LogP contribution in [0.1, 0.15) is 40.5 Å². The molecule has 0 radical (unpaired) electrons. The molecular weight excluding hydrogens is 188 g/mol. The van der Waals surface area contributed by atoms with E-state index >= 15 is 0 Å². The summed E-state index contributed by atoms with van der Waals surface area (Å²) in [5.74, 6) is 0. The summed E-state index contributed by atoms with van der Waals surface area (Å²) in [5, 5.41) is 0. The van der Waals surface area contributed by atoms with E-state index in [0.717, 1.165) is 13.1 Å². The lowest BCUT2D eigenvalue weighted by atomic mass is 10.4. The second-order valence-corrected chi connectivity index (χ2v) is 4.30. The van der Waals surface area contributed by atoms with Gasteiger partial charge in [-0.25, -0.2) is 0 Å². The molecule has 0 bridgehead atoms. The van der Waals surface area contributed by atoms with Crippen molar-refractivity contribution in [3.05, 3.63) is 0 Å². The first-order valence-corrected chi connectivity index (χ1v) is 6.32. The van der Waals surface area contributed by atoms with E-state index in [4.69, 9.17) is 4.74 Å². The Morgan fingerprint density at radius 2 is 1.67 bits per heavy atom. The normalized spacial score (nSPS) is 22.2. The van der Waals surface area contributed by atoms with Crippen molar-refractivity contribution in [2.24, 2.45) is 0 Å². The maximum atomic E-state index is 6.03. The lowest BCUT2D eigenvalue weighted by molar-refractivity contribution is -0.131. The average Bonchev–Trinajstić information content (AvgIpc) is 2.72. The molecule has 0 aromatic carbocycles. The average molecular weight is 214 g/mol. The molecule has 2 atom stereocenters. The van der Waals surface area contributed by atoms with Crippen molar-refractivity contribution in [3.8, 4) is 0 Å². The summed E-state index contributed by atoms with van der Waals surface area (Å²) in [4.78, 5) is 4.77. The minimum absolute atomic E-state index is 0.232. The Hall–Kier alpha value is -0.120. The number of likely N-dealkylation sites (tertiary alicyclic amines) is 1. The van der Waals surface area contributed by atoms with E-state index < -0.39 is 0 Å². The molecule has 90 valence electrons. The predicted octanol–water partition coefficient (Wildman–Crippen LogP) is 2.13. The van der Waals surface area contributed by atoms with Gasteiger partial charge in [0.15, 0.2) is 0 Å². The quantitative estimate of drug-likeness (QED) is 0.630. The molecule has 3 nitrogen and oxygen atoms in total. The third-order valence-corrected chi connectivity index (χ3v) is 3.38. The Labute approximate surface area is 94.4 Å². The van der Waals surface area contributed by atoms with E-state index in [1.165, 1.54) is 25.9 Å². The van der Waals surface area contributed by atoms with Crippen LogP contribution in [0.2, 0.25) is 0 Å². The summed E-state index contributed by atoms with van der Waals surface area (Å²) in [5.41, 5.74) is 0. The first kappa shape index (κ1) is 12.9. The van der Waals surface area contributed by atoms with Gasteiger partial charge in [0.2, 0.25) is 0 Å². The number of hydrogen-bond acceptors (Lipinski definition) is 3. The minimum atomic E-state index is 0.232. The summed E-state index contributed by atoms with van der Waals surface area (Å²) in [6.45, 7) is 13.2. The van der Waals surface area contributed by atoms with Crippen molar-refractivity contribution in [2.45, 2.75) is 53.0 Å². The number of ether oxygens (including phenoxy) is 1. The molecule has 0 aliphatic carbocycles. The van der Waals surface area contributed by atoms with Gasteiger partial charge in [0.05, 0.1) is 0 Å². The molecule has 0 amide bonds. The third kappa shape index (κ3) is 3.74. The monoisotopic (exact) mass is 214 g/mol. The summed E-state index contributed by atoms with van der Waals surface area (Å²) < 4.78 is 6.03. The van der Waals surface area contributed by atoms with Crippen LogP contribution in [0.4, 0.5) is 0 Å². The lowest BCUT2D eigenvalue weighted by Crippen LogP contribution is -2.42. The van der Waals surface area contributed by atoms with Gasteiger partial charge in [-0.1, -0.05) is 13.8 Å². The van der Waals surface area contributed by atoms with Crippen LogP contribution in [0.25, 0.3) is 0 Å². The van der Waals surface area contributed by atoms with Gasteiger partial charge >= 0.3 is 0 Å². The van der Waals surface area contributed by atoms with Crippen LogP contribution in [0.3, 0.4) is 0 Å². The fraction of sp³-hybridized carbons (Fsp3) is 1.00. The van der Waals surface area contributed by atoms with Gasteiger partial charge in [0.25, 0.3) is 0 Å². The zero-order chi connectivity index (χ0) is 11.3. The van der Waals surface area contributed by atoms with E-state index in [-0.39, 0.29) is 12.5 Å². The Morgan fingerprint density at radius 1 is 1.13 bits per heavy atom. The highest BCUT2D eigenvalue weighted by atomic mass is 16.5. The fourth-order valence-electron chi connectivity index (χ4n) is 2.30. The van der Waals surface area contributed by atoms with Gasteiger partial charge in [-0.15, -0.1) is 0 Å². The van der Waals surface area contributed by atoms with Crippen LogP contribution in [0.5, 0.6) is 0 Å². The molecule has 0 aromatic heterocycles. The van der Waals surface area contributed by atoms with E-state index in [2.05, 4.69) is 37.5 Å². The molecule has 1 fully saturated rings. The Kier molecular flexibility index (Phi) is 5.58. The second kappa shape index (κ2) is 6.46. The summed E-state index contributed by atoms with van der Waals surface area (Å²) >= 11 is 0. The van der Waals surface area contributed by atoms with Crippen molar-refractivity contribution >= 4 is 0 Å². The highest BCUT2D eigenvalue weighted by molar-refractivity contribution is 4.68. The van der Waals surface area contributed by atoms with Gasteiger partial charge < -0.3 is 4.74 Å². The molecule has 0 aromatic rings. The van der Waals surface area contributed by atoms with Gasteiger partial charge in [-0.2, -0.15) is 0 Å². The third-order valence-electron chi connectivity index (χ3n) is 3.38. The molecule has 3 heteroatoms. The minimum Gasteiger partial charge on any atom is -0.345 e. The molecule has 1 aliphatic heterocycles. The van der Waals surface area contributed by atoms with Gasteiger partial charge in [0, 0.05) is 13.1 Å². The number of hydrogen-bond donors (Lipinski definition) is 0. The first-order valence-electron chi connectivity index (χ1n) is 6.32. The topological polar surface area (TPSA) is 15.7 Å². The highest BCUT2D eigenvalue weighted by Gasteiger charge is 2.21. The molecule has 0 saturated carbocycles. The molecule has 1 aliphatic rings. The van der Waals surface area contributed by atoms with E-state index in [1.807, 2.05) is 0 Å². The Bertz CT molecular complexity index is 159. The van der Waals surface area contributed by atoms with E-state index in [1.54, 1.807) is 0 Å².